The number of fused-ring (bicyclic) bond motifs is 2. The number of piperidine rings is 1. The topological polar surface area (TPSA) is 43.8 Å². The Bertz CT molecular complexity index is 773. The molecule has 2 saturated heterocycles. The normalized spacial score (nSPS) is 40.3. The molecule has 1 amide bonds. The van der Waals surface area contributed by atoms with Crippen molar-refractivity contribution < 1.29 is 9.90 Å². The van der Waals surface area contributed by atoms with Crippen LogP contribution in [-0.2, 0) is 10.2 Å². The molecule has 4 heteroatoms. The van der Waals surface area contributed by atoms with E-state index in [0.717, 1.165) is 31.6 Å². The van der Waals surface area contributed by atoms with E-state index in [4.69, 9.17) is 0 Å². The van der Waals surface area contributed by atoms with Crippen molar-refractivity contribution in [2.24, 2.45) is 11.8 Å². The van der Waals surface area contributed by atoms with Crippen molar-refractivity contribution >= 4 is 11.6 Å². The highest BCUT2D eigenvalue weighted by atomic mass is 16.3. The molecule has 5 atom stereocenters. The summed E-state index contributed by atoms with van der Waals surface area (Å²) in [6.45, 7) is 6.06. The van der Waals surface area contributed by atoms with Gasteiger partial charge in [-0.2, -0.15) is 0 Å². The summed E-state index contributed by atoms with van der Waals surface area (Å²) in [6, 6.07) is 9.04. The van der Waals surface area contributed by atoms with Crippen molar-refractivity contribution in [3.63, 3.8) is 0 Å². The number of hydrogen-bond donors (Lipinski definition) is 1. The van der Waals surface area contributed by atoms with Crippen LogP contribution in [0.2, 0.25) is 0 Å². The highest BCUT2D eigenvalue weighted by Crippen LogP contribution is 2.63. The quantitative estimate of drug-likeness (QED) is 0.799. The minimum atomic E-state index is -0.00850. The lowest BCUT2D eigenvalue weighted by Gasteiger charge is -2.56. The lowest BCUT2D eigenvalue weighted by molar-refractivity contribution is -0.118. The van der Waals surface area contributed by atoms with Crippen LogP contribution in [0.3, 0.4) is 0 Å². The van der Waals surface area contributed by atoms with Crippen LogP contribution in [0.4, 0.5) is 5.69 Å². The van der Waals surface area contributed by atoms with Gasteiger partial charge in [0.25, 0.3) is 0 Å². The van der Waals surface area contributed by atoms with Gasteiger partial charge in [-0.05, 0) is 43.9 Å². The molecule has 3 heterocycles. The average Bonchev–Trinajstić information content (AvgIpc) is 3.15. The summed E-state index contributed by atoms with van der Waals surface area (Å²) < 4.78 is 0. The second-order valence-electron chi connectivity index (χ2n) is 8.18. The number of aliphatic hydroxyl groups excluding tert-OH is 1. The first kappa shape index (κ1) is 15.6. The third-order valence-electron chi connectivity index (χ3n) is 7.50. The van der Waals surface area contributed by atoms with Gasteiger partial charge in [0.1, 0.15) is 0 Å². The van der Waals surface area contributed by atoms with Gasteiger partial charge in [0.15, 0.2) is 0 Å². The number of nitrogens with zero attached hydrogens (tertiary/aromatic N) is 2. The molecule has 0 aromatic heterocycles. The van der Waals surface area contributed by atoms with Crippen LogP contribution in [0, 0.1) is 11.8 Å². The van der Waals surface area contributed by atoms with E-state index in [1.165, 1.54) is 11.1 Å². The smallest absolute Gasteiger partial charge is 0.224 e. The van der Waals surface area contributed by atoms with Crippen LogP contribution < -0.4 is 4.90 Å². The Morgan fingerprint density at radius 3 is 2.92 bits per heavy atom. The summed E-state index contributed by atoms with van der Waals surface area (Å²) >= 11 is 0. The van der Waals surface area contributed by atoms with E-state index in [1.807, 2.05) is 11.0 Å². The Morgan fingerprint density at radius 2 is 2.20 bits per heavy atom. The minimum absolute atomic E-state index is 0.00850. The second-order valence-corrected chi connectivity index (χ2v) is 8.18. The predicted octanol–water partition coefficient (Wildman–Crippen LogP) is 2.32. The Kier molecular flexibility index (Phi) is 3.23. The summed E-state index contributed by atoms with van der Waals surface area (Å²) in [5.41, 5.74) is 3.86. The van der Waals surface area contributed by atoms with Gasteiger partial charge in [0.05, 0.1) is 6.04 Å². The number of benzene rings is 1. The molecule has 4 aliphatic rings. The highest BCUT2D eigenvalue weighted by molar-refractivity contribution is 5.96. The zero-order valence-electron chi connectivity index (χ0n) is 15.0. The molecular weight excluding hydrogens is 312 g/mol. The lowest BCUT2D eigenvalue weighted by Crippen LogP contribution is -2.65. The second kappa shape index (κ2) is 5.18. The maximum Gasteiger partial charge on any atom is 0.224 e. The molecule has 0 radical (unpaired) electrons. The number of amides is 1. The van der Waals surface area contributed by atoms with Crippen molar-refractivity contribution in [2.75, 3.05) is 24.6 Å². The summed E-state index contributed by atoms with van der Waals surface area (Å²) in [4.78, 5) is 17.3. The van der Waals surface area contributed by atoms with Crippen molar-refractivity contribution in [1.29, 1.82) is 0 Å². The summed E-state index contributed by atoms with van der Waals surface area (Å²) in [5.74, 6) is 0.621. The van der Waals surface area contributed by atoms with Gasteiger partial charge in [0, 0.05) is 43.1 Å². The monoisotopic (exact) mass is 338 g/mol. The molecule has 1 aromatic carbocycles. The fraction of sp³-hybridized carbons (Fsp3) is 0.571. The maximum absolute atomic E-state index is 12.7. The number of carbonyl (C=O) groups excluding carboxylic acids is 1. The van der Waals surface area contributed by atoms with Crippen molar-refractivity contribution in [3.05, 3.63) is 41.5 Å². The van der Waals surface area contributed by atoms with Crippen molar-refractivity contribution in [1.82, 2.24) is 4.90 Å². The first-order chi connectivity index (χ1) is 12.1. The molecule has 25 heavy (non-hydrogen) atoms. The maximum atomic E-state index is 12.7. The first-order valence-electron chi connectivity index (χ1n) is 9.52. The Hall–Kier alpha value is -1.65. The molecule has 1 spiro atoms. The van der Waals surface area contributed by atoms with Crippen LogP contribution in [-0.4, -0.2) is 47.7 Å². The summed E-state index contributed by atoms with van der Waals surface area (Å²) in [6.07, 6.45) is 4.44. The Morgan fingerprint density at radius 1 is 1.40 bits per heavy atom. The van der Waals surface area contributed by atoms with E-state index in [2.05, 4.69) is 36.1 Å². The molecular formula is C21H26N2O2. The van der Waals surface area contributed by atoms with E-state index in [0.29, 0.717) is 12.0 Å². The fourth-order valence-corrected chi connectivity index (χ4v) is 6.69. The lowest BCUT2D eigenvalue weighted by atomic mass is 9.55. The third kappa shape index (κ3) is 1.72. The van der Waals surface area contributed by atoms with Crippen LogP contribution in [0.15, 0.2) is 35.9 Å². The number of hydrogen-bond acceptors (Lipinski definition) is 3. The fourth-order valence-electron chi connectivity index (χ4n) is 6.69. The summed E-state index contributed by atoms with van der Waals surface area (Å²) in [7, 11) is 0. The van der Waals surface area contributed by atoms with E-state index in [9.17, 15) is 9.90 Å². The zero-order chi connectivity index (χ0) is 17.3. The molecule has 4 nitrogen and oxygen atoms in total. The highest BCUT2D eigenvalue weighted by Gasteiger charge is 2.67. The summed E-state index contributed by atoms with van der Waals surface area (Å²) in [5, 5.41) is 10.4. The average molecular weight is 338 g/mol. The van der Waals surface area contributed by atoms with E-state index < -0.39 is 0 Å². The van der Waals surface area contributed by atoms with Gasteiger partial charge in [-0.3, -0.25) is 9.69 Å². The molecule has 3 aliphatic heterocycles. The van der Waals surface area contributed by atoms with Crippen LogP contribution in [0.1, 0.15) is 32.3 Å². The molecule has 5 rings (SSSR count). The standard InChI is InChI=1S/C21H26N2O2/c1-3-14-11-22-9-8-21-17-6-4-5-7-18(17)23(13(2)25)20(21)16(12-24)15(14)10-19(21)22/h3-7,15-16,19-20,24H,8-12H2,1-2H3/b14-3-/t15-,16?,19-,20-,21+/m0/s1. The van der Waals surface area contributed by atoms with Gasteiger partial charge in [-0.1, -0.05) is 29.8 Å². The molecule has 1 N–H and O–H groups in total. The largest absolute Gasteiger partial charge is 0.396 e. The predicted molar refractivity (Wildman–Crippen MR) is 97.5 cm³/mol. The van der Waals surface area contributed by atoms with Crippen LogP contribution in [0.5, 0.6) is 0 Å². The number of rotatable bonds is 1. The third-order valence-corrected chi connectivity index (χ3v) is 7.50. The van der Waals surface area contributed by atoms with E-state index in [1.54, 1.807) is 6.92 Å². The van der Waals surface area contributed by atoms with Gasteiger partial charge in [-0.25, -0.2) is 0 Å². The van der Waals surface area contributed by atoms with E-state index in [-0.39, 0.29) is 29.9 Å². The Balaban J connectivity index is 1.77. The minimum Gasteiger partial charge on any atom is -0.396 e. The van der Waals surface area contributed by atoms with Gasteiger partial charge >= 0.3 is 0 Å². The number of carbonyl (C=O) groups is 1. The Labute approximate surface area is 149 Å². The van der Waals surface area contributed by atoms with Crippen LogP contribution >= 0.6 is 0 Å². The van der Waals surface area contributed by atoms with E-state index >= 15 is 0 Å². The zero-order valence-corrected chi connectivity index (χ0v) is 15.0. The molecule has 1 aromatic rings. The molecule has 3 fully saturated rings. The van der Waals surface area contributed by atoms with Gasteiger partial charge < -0.3 is 10.0 Å². The molecule has 1 saturated carbocycles. The molecule has 1 unspecified atom stereocenters. The van der Waals surface area contributed by atoms with Gasteiger partial charge in [0.2, 0.25) is 5.91 Å². The number of aliphatic hydroxyl groups is 1. The molecule has 132 valence electrons. The molecule has 1 aliphatic carbocycles. The SMILES string of the molecule is C/C=C1/CN2CC[C@]34c5ccccc5N(C(C)=O)[C@H]3C(CO)[C@H]1C[C@H]24. The first-order valence-corrected chi connectivity index (χ1v) is 9.52. The molecule has 2 bridgehead atoms. The van der Waals surface area contributed by atoms with Gasteiger partial charge in [-0.15, -0.1) is 0 Å². The van der Waals surface area contributed by atoms with Crippen molar-refractivity contribution in [3.8, 4) is 0 Å². The van der Waals surface area contributed by atoms with Crippen molar-refractivity contribution in [2.45, 2.75) is 44.2 Å². The van der Waals surface area contributed by atoms with Crippen LogP contribution in [0.25, 0.3) is 0 Å². The number of allylic oxidation sites excluding steroid dienone is 1. The number of para-hydroxylation sites is 1. The number of anilines is 1.